The lowest BCUT2D eigenvalue weighted by Gasteiger charge is -2.32. The smallest absolute Gasteiger partial charge is 0.356 e. The molecule has 7 heteroatoms. The van der Waals surface area contributed by atoms with Gasteiger partial charge < -0.3 is 20.3 Å². The summed E-state index contributed by atoms with van der Waals surface area (Å²) < 4.78 is 5.18. The van der Waals surface area contributed by atoms with E-state index in [2.05, 4.69) is 15.3 Å². The molecule has 18 heavy (non-hydrogen) atoms. The average Bonchev–Trinajstić information content (AvgIpc) is 2.38. The molecule has 0 amide bonds. The Bertz CT molecular complexity index is 415. The van der Waals surface area contributed by atoms with Crippen molar-refractivity contribution in [3.63, 3.8) is 0 Å². The summed E-state index contributed by atoms with van der Waals surface area (Å²) in [6, 6.07) is 0. The van der Waals surface area contributed by atoms with Crippen molar-refractivity contribution in [2.24, 2.45) is 0 Å². The van der Waals surface area contributed by atoms with Gasteiger partial charge in [-0.1, -0.05) is 0 Å². The number of carboxylic acids is 1. The van der Waals surface area contributed by atoms with Gasteiger partial charge in [0.1, 0.15) is 5.82 Å². The van der Waals surface area contributed by atoms with Crippen molar-refractivity contribution in [1.29, 1.82) is 0 Å². The predicted octanol–water partition coefficient (Wildman–Crippen LogP) is 0.128. The molecule has 0 spiro atoms. The molecular weight excluding hydrogens is 238 g/mol. The maximum Gasteiger partial charge on any atom is 0.356 e. The van der Waals surface area contributed by atoms with E-state index in [1.165, 1.54) is 12.4 Å². The number of anilines is 1. The van der Waals surface area contributed by atoms with E-state index in [9.17, 15) is 9.90 Å². The summed E-state index contributed by atoms with van der Waals surface area (Å²) in [5.74, 6) is -0.669. The summed E-state index contributed by atoms with van der Waals surface area (Å²) in [6.07, 6.45) is 3.66. The van der Waals surface area contributed by atoms with Crippen LogP contribution < -0.4 is 5.32 Å². The van der Waals surface area contributed by atoms with Gasteiger partial charge >= 0.3 is 5.97 Å². The van der Waals surface area contributed by atoms with E-state index in [-0.39, 0.29) is 5.69 Å². The van der Waals surface area contributed by atoms with Gasteiger partial charge in [-0.05, 0) is 0 Å². The van der Waals surface area contributed by atoms with E-state index >= 15 is 0 Å². The lowest BCUT2D eigenvalue weighted by molar-refractivity contribution is -0.0543. The lowest BCUT2D eigenvalue weighted by atomic mass is 9.94. The first-order valence-electron chi connectivity index (χ1n) is 5.68. The average molecular weight is 253 g/mol. The number of aromatic carboxylic acids is 1. The molecule has 1 saturated heterocycles. The van der Waals surface area contributed by atoms with Crippen LogP contribution in [0.15, 0.2) is 12.4 Å². The number of aromatic nitrogens is 2. The first-order valence-corrected chi connectivity index (χ1v) is 5.68. The Morgan fingerprint density at radius 3 is 2.67 bits per heavy atom. The molecule has 2 rings (SSSR count). The molecule has 7 nitrogen and oxygen atoms in total. The molecule has 0 atom stereocenters. The van der Waals surface area contributed by atoms with E-state index < -0.39 is 11.6 Å². The molecule has 3 N–H and O–H groups in total. The quantitative estimate of drug-likeness (QED) is 0.700. The van der Waals surface area contributed by atoms with Gasteiger partial charge in [0.25, 0.3) is 0 Å². The van der Waals surface area contributed by atoms with E-state index in [4.69, 9.17) is 9.84 Å². The molecule has 0 unspecified atom stereocenters. The van der Waals surface area contributed by atoms with Gasteiger partial charge in [-0.3, -0.25) is 0 Å². The summed E-state index contributed by atoms with van der Waals surface area (Å²) >= 11 is 0. The molecule has 0 bridgehead atoms. The van der Waals surface area contributed by atoms with E-state index in [0.29, 0.717) is 38.4 Å². The number of carboxylic acid groups (broad SMARTS) is 1. The van der Waals surface area contributed by atoms with Crippen LogP contribution in [-0.2, 0) is 4.74 Å². The third-order valence-electron chi connectivity index (χ3n) is 2.89. The van der Waals surface area contributed by atoms with Gasteiger partial charge in [0.05, 0.1) is 18.0 Å². The van der Waals surface area contributed by atoms with Gasteiger partial charge in [-0.15, -0.1) is 0 Å². The highest BCUT2D eigenvalue weighted by Crippen LogP contribution is 2.20. The minimum absolute atomic E-state index is 0.106. The fourth-order valence-electron chi connectivity index (χ4n) is 1.71. The number of nitrogens with one attached hydrogen (secondary N) is 1. The number of rotatable bonds is 4. The van der Waals surface area contributed by atoms with Crippen LogP contribution in [0.3, 0.4) is 0 Å². The highest BCUT2D eigenvalue weighted by atomic mass is 16.5. The SMILES string of the molecule is O=C(O)c1cnc(NCC2(O)CCOCC2)cn1. The number of hydrogen-bond acceptors (Lipinski definition) is 6. The molecule has 98 valence electrons. The highest BCUT2D eigenvalue weighted by Gasteiger charge is 2.29. The van der Waals surface area contributed by atoms with Crippen LogP contribution in [0, 0.1) is 0 Å². The molecule has 2 heterocycles. The summed E-state index contributed by atoms with van der Waals surface area (Å²) in [7, 11) is 0. The normalized spacial score (nSPS) is 18.3. The minimum atomic E-state index is -1.11. The fraction of sp³-hybridized carbons (Fsp3) is 0.545. The third-order valence-corrected chi connectivity index (χ3v) is 2.89. The number of hydrogen-bond donors (Lipinski definition) is 3. The van der Waals surface area contributed by atoms with Crippen molar-refractivity contribution in [2.45, 2.75) is 18.4 Å². The van der Waals surface area contributed by atoms with Crippen LogP contribution in [0.5, 0.6) is 0 Å². The standard InChI is InChI=1S/C11H15N3O4/c15-10(16)8-5-13-9(6-12-8)14-7-11(17)1-3-18-4-2-11/h5-6,17H,1-4,7H2,(H,13,14)(H,15,16). The molecule has 0 radical (unpaired) electrons. The second kappa shape index (κ2) is 5.28. The van der Waals surface area contributed by atoms with Crippen LogP contribution in [-0.4, -0.2) is 51.5 Å². The van der Waals surface area contributed by atoms with Crippen LogP contribution in [0.1, 0.15) is 23.3 Å². The Morgan fingerprint density at radius 2 is 2.11 bits per heavy atom. The molecule has 1 aliphatic rings. The van der Waals surface area contributed by atoms with Gasteiger partial charge in [0.2, 0.25) is 0 Å². The number of ether oxygens (including phenoxy) is 1. The number of nitrogens with zero attached hydrogens (tertiary/aromatic N) is 2. The van der Waals surface area contributed by atoms with Gasteiger partial charge in [0.15, 0.2) is 5.69 Å². The molecule has 0 aromatic carbocycles. The zero-order chi connectivity index (χ0) is 13.0. The molecule has 1 aliphatic heterocycles. The molecule has 1 aromatic rings. The first kappa shape index (κ1) is 12.7. The largest absolute Gasteiger partial charge is 0.476 e. The lowest BCUT2D eigenvalue weighted by Crippen LogP contribution is -2.42. The van der Waals surface area contributed by atoms with E-state index in [1.807, 2.05) is 0 Å². The van der Waals surface area contributed by atoms with Crippen LogP contribution in [0.2, 0.25) is 0 Å². The molecule has 1 aromatic heterocycles. The van der Waals surface area contributed by atoms with Crippen LogP contribution >= 0.6 is 0 Å². The number of carbonyl (C=O) groups is 1. The Balaban J connectivity index is 1.91. The topological polar surface area (TPSA) is 105 Å². The Hall–Kier alpha value is -1.73. The summed E-state index contributed by atoms with van der Waals surface area (Å²) in [6.45, 7) is 1.43. The minimum Gasteiger partial charge on any atom is -0.476 e. The van der Waals surface area contributed by atoms with Gasteiger partial charge in [-0.2, -0.15) is 0 Å². The molecule has 1 fully saturated rings. The fourth-order valence-corrected chi connectivity index (χ4v) is 1.71. The summed E-state index contributed by atoms with van der Waals surface area (Å²) in [4.78, 5) is 18.2. The van der Waals surface area contributed by atoms with E-state index in [0.717, 1.165) is 0 Å². The number of aliphatic hydroxyl groups is 1. The van der Waals surface area contributed by atoms with Crippen LogP contribution in [0.4, 0.5) is 5.82 Å². The first-order chi connectivity index (χ1) is 8.59. The molecule has 0 aliphatic carbocycles. The zero-order valence-corrected chi connectivity index (χ0v) is 9.80. The van der Waals surface area contributed by atoms with Crippen LogP contribution in [0.25, 0.3) is 0 Å². The summed E-state index contributed by atoms with van der Waals surface area (Å²) in [5.41, 5.74) is -0.906. The highest BCUT2D eigenvalue weighted by molar-refractivity contribution is 5.84. The van der Waals surface area contributed by atoms with Gasteiger partial charge in [-0.25, -0.2) is 14.8 Å². The van der Waals surface area contributed by atoms with Crippen molar-refractivity contribution >= 4 is 11.8 Å². The van der Waals surface area contributed by atoms with Crippen molar-refractivity contribution < 1.29 is 19.7 Å². The monoisotopic (exact) mass is 253 g/mol. The Kier molecular flexibility index (Phi) is 3.73. The molecular formula is C11H15N3O4. The Morgan fingerprint density at radius 1 is 1.39 bits per heavy atom. The summed E-state index contributed by atoms with van der Waals surface area (Å²) in [5, 5.41) is 21.8. The van der Waals surface area contributed by atoms with Crippen molar-refractivity contribution in [3.8, 4) is 0 Å². The van der Waals surface area contributed by atoms with Gasteiger partial charge in [0, 0.05) is 32.6 Å². The zero-order valence-electron chi connectivity index (χ0n) is 9.80. The second-order valence-corrected chi connectivity index (χ2v) is 4.28. The third kappa shape index (κ3) is 3.14. The maximum atomic E-state index is 10.6. The second-order valence-electron chi connectivity index (χ2n) is 4.28. The maximum absolute atomic E-state index is 10.6. The van der Waals surface area contributed by atoms with E-state index in [1.54, 1.807) is 0 Å². The van der Waals surface area contributed by atoms with Crippen molar-refractivity contribution in [2.75, 3.05) is 25.1 Å². The Labute approximate surface area is 104 Å². The van der Waals surface area contributed by atoms with Crippen molar-refractivity contribution in [1.82, 2.24) is 9.97 Å². The molecule has 0 saturated carbocycles. The predicted molar refractivity (Wildman–Crippen MR) is 62.5 cm³/mol. The van der Waals surface area contributed by atoms with Crippen molar-refractivity contribution in [3.05, 3.63) is 18.1 Å².